The van der Waals surface area contributed by atoms with Crippen molar-refractivity contribution in [3.8, 4) is 22.7 Å². The number of aryl methyl sites for hydroxylation is 3. The molecule has 0 unspecified atom stereocenters. The smallest absolute Gasteiger partial charge is 0.331 e. The van der Waals surface area contributed by atoms with E-state index in [1.54, 1.807) is 17.7 Å². The Balaban J connectivity index is 1.87. The molecule has 6 rings (SSSR count). The van der Waals surface area contributed by atoms with Gasteiger partial charge in [0.2, 0.25) is 0 Å². The molecule has 0 bridgehead atoms. The molecule has 0 fully saturated rings. The van der Waals surface area contributed by atoms with Gasteiger partial charge in [-0.25, -0.2) is 4.79 Å². The Morgan fingerprint density at radius 3 is 2.33 bits per heavy atom. The molecule has 0 saturated heterocycles. The van der Waals surface area contributed by atoms with Crippen LogP contribution in [0.1, 0.15) is 28.5 Å². The van der Waals surface area contributed by atoms with Crippen LogP contribution in [-0.2, 0) is 14.1 Å². The second-order valence-electron chi connectivity index (χ2n) is 9.39. The molecule has 0 saturated carbocycles. The summed E-state index contributed by atoms with van der Waals surface area (Å²) in [4.78, 5) is 26.9. The molecule has 180 valence electrons. The van der Waals surface area contributed by atoms with E-state index in [4.69, 9.17) is 16.3 Å². The second kappa shape index (κ2) is 8.00. The summed E-state index contributed by atoms with van der Waals surface area (Å²) in [5.41, 5.74) is 5.95. The lowest BCUT2D eigenvalue weighted by Crippen LogP contribution is -2.37. The van der Waals surface area contributed by atoms with Gasteiger partial charge in [-0.2, -0.15) is 0 Å². The molecule has 3 aromatic carbocycles. The molecule has 7 heteroatoms. The molecular formula is C29H24ClN3O3. The number of fused-ring (bicyclic) bond motifs is 5. The first kappa shape index (κ1) is 22.4. The van der Waals surface area contributed by atoms with Crippen molar-refractivity contribution in [2.45, 2.75) is 20.0 Å². The second-order valence-corrected chi connectivity index (χ2v) is 9.83. The minimum absolute atomic E-state index is 0.350. The van der Waals surface area contributed by atoms with Crippen LogP contribution in [0.5, 0.6) is 5.75 Å². The fourth-order valence-electron chi connectivity index (χ4n) is 5.18. The van der Waals surface area contributed by atoms with Gasteiger partial charge in [0.05, 0.1) is 28.0 Å². The number of hydrogen-bond donors (Lipinski definition) is 0. The first-order valence-corrected chi connectivity index (χ1v) is 12.1. The molecule has 1 atom stereocenters. The number of aromatic nitrogens is 3. The maximum atomic E-state index is 13.7. The molecule has 36 heavy (non-hydrogen) atoms. The van der Waals surface area contributed by atoms with Gasteiger partial charge in [-0.15, -0.1) is 0 Å². The van der Waals surface area contributed by atoms with Crippen molar-refractivity contribution in [2.75, 3.05) is 0 Å². The Bertz CT molecular complexity index is 1810. The Labute approximate surface area is 212 Å². The zero-order chi connectivity index (χ0) is 25.3. The summed E-state index contributed by atoms with van der Waals surface area (Å²) in [7, 11) is 3.21. The van der Waals surface area contributed by atoms with E-state index in [0.29, 0.717) is 27.4 Å². The highest BCUT2D eigenvalue weighted by Crippen LogP contribution is 2.47. The Hall–Kier alpha value is -4.03. The number of nitrogens with zero attached hydrogens (tertiary/aromatic N) is 3. The lowest BCUT2D eigenvalue weighted by atomic mass is 10.0. The van der Waals surface area contributed by atoms with Gasteiger partial charge in [0.25, 0.3) is 5.56 Å². The number of ether oxygens (including phenoxy) is 1. The molecular weight excluding hydrogens is 474 g/mol. The van der Waals surface area contributed by atoms with Gasteiger partial charge in [0, 0.05) is 19.1 Å². The van der Waals surface area contributed by atoms with Crippen LogP contribution in [0, 0.1) is 13.8 Å². The normalized spacial score (nSPS) is 14.4. The van der Waals surface area contributed by atoms with Gasteiger partial charge in [-0.05, 0) is 43.2 Å². The average molecular weight is 498 g/mol. The molecule has 1 aliphatic heterocycles. The minimum atomic E-state index is -0.544. The zero-order valence-electron chi connectivity index (χ0n) is 20.4. The third kappa shape index (κ3) is 3.18. The summed E-state index contributed by atoms with van der Waals surface area (Å²) >= 11 is 6.46. The third-order valence-corrected chi connectivity index (χ3v) is 7.17. The topological polar surface area (TPSA) is 58.2 Å². The number of halogens is 1. The highest BCUT2D eigenvalue weighted by Gasteiger charge is 2.36. The maximum absolute atomic E-state index is 13.7. The Morgan fingerprint density at radius 1 is 0.861 bits per heavy atom. The van der Waals surface area contributed by atoms with Gasteiger partial charge in [-0.1, -0.05) is 71.3 Å². The van der Waals surface area contributed by atoms with Crippen LogP contribution in [0.25, 0.3) is 27.8 Å². The molecule has 2 aromatic heterocycles. The summed E-state index contributed by atoms with van der Waals surface area (Å²) in [5, 5.41) is 1.01. The van der Waals surface area contributed by atoms with E-state index in [1.165, 1.54) is 7.05 Å². The summed E-state index contributed by atoms with van der Waals surface area (Å²) in [6, 6.07) is 21.6. The third-order valence-electron chi connectivity index (χ3n) is 6.93. The summed E-state index contributed by atoms with van der Waals surface area (Å²) in [5.74, 6) is 0.647. The predicted molar refractivity (Wildman–Crippen MR) is 143 cm³/mol. The van der Waals surface area contributed by atoms with E-state index in [9.17, 15) is 9.59 Å². The van der Waals surface area contributed by atoms with Crippen molar-refractivity contribution >= 4 is 22.5 Å². The Kier molecular flexibility index (Phi) is 4.99. The quantitative estimate of drug-likeness (QED) is 0.326. The Morgan fingerprint density at radius 2 is 1.61 bits per heavy atom. The van der Waals surface area contributed by atoms with Crippen molar-refractivity contribution < 1.29 is 4.74 Å². The van der Waals surface area contributed by atoms with Crippen LogP contribution in [0.3, 0.4) is 0 Å². The molecule has 0 N–H and O–H groups in total. The minimum Gasteiger partial charge on any atom is -0.477 e. The lowest BCUT2D eigenvalue weighted by molar-refractivity contribution is 0.229. The molecule has 0 spiro atoms. The molecule has 3 heterocycles. The van der Waals surface area contributed by atoms with Gasteiger partial charge in [-0.3, -0.25) is 13.9 Å². The summed E-state index contributed by atoms with van der Waals surface area (Å²) in [6.07, 6.45) is -0.544. The van der Waals surface area contributed by atoms with Gasteiger partial charge in [0.15, 0.2) is 6.10 Å². The van der Waals surface area contributed by atoms with Crippen LogP contribution in [0.4, 0.5) is 0 Å². The molecule has 0 radical (unpaired) electrons. The molecule has 1 aliphatic rings. The number of benzene rings is 3. The fraction of sp³-hybridized carbons (Fsp3) is 0.172. The van der Waals surface area contributed by atoms with Gasteiger partial charge >= 0.3 is 5.69 Å². The highest BCUT2D eigenvalue weighted by molar-refractivity contribution is 6.30. The average Bonchev–Trinajstić information content (AvgIpc) is 3.23. The highest BCUT2D eigenvalue weighted by atomic mass is 35.5. The fourth-order valence-corrected chi connectivity index (χ4v) is 5.35. The number of rotatable bonds is 2. The molecule has 5 aromatic rings. The van der Waals surface area contributed by atoms with Crippen LogP contribution in [0.15, 0.2) is 76.3 Å². The van der Waals surface area contributed by atoms with Crippen LogP contribution < -0.4 is 16.0 Å². The van der Waals surface area contributed by atoms with Gasteiger partial charge < -0.3 is 9.30 Å². The zero-order valence-corrected chi connectivity index (χ0v) is 21.1. The van der Waals surface area contributed by atoms with Crippen molar-refractivity contribution in [3.63, 3.8) is 0 Å². The van der Waals surface area contributed by atoms with Crippen molar-refractivity contribution in [1.29, 1.82) is 0 Å². The number of hydrogen-bond acceptors (Lipinski definition) is 3. The lowest BCUT2D eigenvalue weighted by Gasteiger charge is -2.30. The molecule has 6 nitrogen and oxygen atoms in total. The largest absolute Gasteiger partial charge is 0.477 e. The summed E-state index contributed by atoms with van der Waals surface area (Å²) in [6.45, 7) is 4.05. The van der Waals surface area contributed by atoms with E-state index < -0.39 is 11.8 Å². The summed E-state index contributed by atoms with van der Waals surface area (Å²) < 4.78 is 11.3. The van der Waals surface area contributed by atoms with E-state index in [-0.39, 0.29) is 5.56 Å². The standard InChI is InChI=1S/C29H24ClN3O3/c1-16-8-10-18(11-9-16)24-23-25(31(3)29(35)32(4)28(23)34)26-27(19-7-5-6-17(2)14-19)36-22-13-12-20(30)15-21(22)33(24)26/h5-15,27H,1-4H3/t27-/m1/s1. The first-order chi connectivity index (χ1) is 17.3. The molecule has 0 amide bonds. The van der Waals surface area contributed by atoms with Crippen molar-refractivity contribution in [2.24, 2.45) is 14.1 Å². The maximum Gasteiger partial charge on any atom is 0.331 e. The van der Waals surface area contributed by atoms with Crippen molar-refractivity contribution in [1.82, 2.24) is 13.7 Å². The van der Waals surface area contributed by atoms with E-state index in [0.717, 1.165) is 38.2 Å². The van der Waals surface area contributed by atoms with E-state index in [2.05, 4.69) is 6.07 Å². The van der Waals surface area contributed by atoms with Crippen LogP contribution in [-0.4, -0.2) is 13.7 Å². The van der Waals surface area contributed by atoms with E-state index >= 15 is 0 Å². The first-order valence-electron chi connectivity index (χ1n) is 11.7. The molecule has 0 aliphatic carbocycles. The van der Waals surface area contributed by atoms with Crippen LogP contribution >= 0.6 is 11.6 Å². The predicted octanol–water partition coefficient (Wildman–Crippen LogP) is 5.45. The SMILES string of the molecule is Cc1ccc(-c2c3c(=O)n(C)c(=O)n(C)c3c3n2-c2cc(Cl)ccc2O[C@@H]3c2cccc(C)c2)cc1. The van der Waals surface area contributed by atoms with E-state index in [1.807, 2.05) is 73.0 Å². The van der Waals surface area contributed by atoms with Gasteiger partial charge in [0.1, 0.15) is 5.75 Å². The van der Waals surface area contributed by atoms with Crippen LogP contribution in [0.2, 0.25) is 5.02 Å². The van der Waals surface area contributed by atoms with Crippen molar-refractivity contribution in [3.05, 3.63) is 115 Å². The monoisotopic (exact) mass is 497 g/mol.